The molecule has 0 atom stereocenters. The third-order valence-corrected chi connectivity index (χ3v) is 3.28. The lowest BCUT2D eigenvalue weighted by molar-refractivity contribution is 0.965. The van der Waals surface area contributed by atoms with Gasteiger partial charge in [0.2, 0.25) is 0 Å². The van der Waals surface area contributed by atoms with Crippen molar-refractivity contribution in [3.63, 3.8) is 0 Å². The van der Waals surface area contributed by atoms with Crippen molar-refractivity contribution in [2.75, 3.05) is 11.9 Å². The first-order valence-electron chi connectivity index (χ1n) is 5.54. The van der Waals surface area contributed by atoms with Crippen LogP contribution in [-0.2, 0) is 6.42 Å². The molecule has 0 aliphatic heterocycles. The number of pyridine rings is 1. The summed E-state index contributed by atoms with van der Waals surface area (Å²) >= 11 is 6.58. The normalized spacial score (nSPS) is 10.3. The van der Waals surface area contributed by atoms with Crippen LogP contribution in [0.5, 0.6) is 0 Å². The molecular weight excluding hydrogens is 264 g/mol. The van der Waals surface area contributed by atoms with E-state index < -0.39 is 0 Å². The number of thiocarbonyl (C=S) groups is 1. The number of nitrogens with zero attached hydrogens (tertiary/aromatic N) is 2. The molecule has 2 rings (SSSR count). The fourth-order valence-corrected chi connectivity index (χ4v) is 2.29. The number of aryl methyl sites for hydroxylation is 1. The van der Waals surface area contributed by atoms with Gasteiger partial charge < -0.3 is 11.1 Å². The number of nitrogens with two attached hydrogens (primary N) is 1. The largest absolute Gasteiger partial charge is 0.389 e. The molecule has 0 amide bonds. The Hall–Kier alpha value is -1.53. The first-order chi connectivity index (χ1) is 8.65. The minimum atomic E-state index is 0.392. The number of nitrogens with one attached hydrogen (secondary N) is 1. The van der Waals surface area contributed by atoms with E-state index in [0.717, 1.165) is 35.7 Å². The average Bonchev–Trinajstić information content (AvgIpc) is 2.81. The van der Waals surface area contributed by atoms with Crippen LogP contribution in [0.25, 0.3) is 0 Å². The maximum Gasteiger partial charge on any atom is 0.126 e. The summed E-state index contributed by atoms with van der Waals surface area (Å²) in [6.45, 7) is 2.71. The van der Waals surface area contributed by atoms with E-state index in [9.17, 15) is 0 Å². The maximum absolute atomic E-state index is 5.62. The first-order valence-corrected chi connectivity index (χ1v) is 6.89. The number of hydrogen-bond acceptors (Lipinski definition) is 5. The maximum atomic E-state index is 5.62. The van der Waals surface area contributed by atoms with Crippen LogP contribution in [0.1, 0.15) is 17.0 Å². The van der Waals surface area contributed by atoms with Crippen LogP contribution in [0.4, 0.5) is 5.82 Å². The van der Waals surface area contributed by atoms with Crippen molar-refractivity contribution in [3.8, 4) is 0 Å². The van der Waals surface area contributed by atoms with Crippen LogP contribution >= 0.6 is 23.6 Å². The van der Waals surface area contributed by atoms with Gasteiger partial charge in [0.15, 0.2) is 0 Å². The molecule has 0 saturated heterocycles. The molecule has 0 aliphatic carbocycles. The van der Waals surface area contributed by atoms with Gasteiger partial charge in [-0.3, -0.25) is 0 Å². The van der Waals surface area contributed by atoms with Crippen LogP contribution in [0.15, 0.2) is 23.0 Å². The van der Waals surface area contributed by atoms with Crippen LogP contribution in [0.3, 0.4) is 0 Å². The SMILES string of the molecule is Cc1cc(C(N)=S)cc(NCCc2cscn2)n1. The minimum absolute atomic E-state index is 0.392. The summed E-state index contributed by atoms with van der Waals surface area (Å²) in [6, 6.07) is 3.75. The Bertz CT molecular complexity index is 537. The molecule has 0 fully saturated rings. The summed E-state index contributed by atoms with van der Waals surface area (Å²) in [7, 11) is 0. The van der Waals surface area contributed by atoms with Gasteiger partial charge in [0.1, 0.15) is 10.8 Å². The molecule has 4 nitrogen and oxygen atoms in total. The van der Waals surface area contributed by atoms with Gasteiger partial charge in [0, 0.05) is 29.6 Å². The van der Waals surface area contributed by atoms with Crippen molar-refractivity contribution in [2.45, 2.75) is 13.3 Å². The molecule has 3 N–H and O–H groups in total. The highest BCUT2D eigenvalue weighted by molar-refractivity contribution is 7.80. The smallest absolute Gasteiger partial charge is 0.126 e. The average molecular weight is 278 g/mol. The van der Waals surface area contributed by atoms with Gasteiger partial charge in [-0.25, -0.2) is 9.97 Å². The topological polar surface area (TPSA) is 63.8 Å². The molecule has 0 bridgehead atoms. The van der Waals surface area contributed by atoms with E-state index >= 15 is 0 Å². The van der Waals surface area contributed by atoms with E-state index in [-0.39, 0.29) is 0 Å². The standard InChI is InChI=1S/C12H14N4S2/c1-8-4-9(12(13)17)5-11(16-8)14-3-2-10-6-18-7-15-10/h4-7H,2-3H2,1H3,(H2,13,17)(H,14,16). The van der Waals surface area contributed by atoms with E-state index in [1.165, 1.54) is 0 Å². The Morgan fingerprint density at radius 3 is 3.00 bits per heavy atom. The van der Waals surface area contributed by atoms with Gasteiger partial charge in [-0.1, -0.05) is 12.2 Å². The zero-order valence-corrected chi connectivity index (χ0v) is 11.6. The highest BCUT2D eigenvalue weighted by Gasteiger charge is 2.02. The predicted molar refractivity (Wildman–Crippen MR) is 79.2 cm³/mol. The molecule has 0 saturated carbocycles. The number of rotatable bonds is 5. The highest BCUT2D eigenvalue weighted by Crippen LogP contribution is 2.10. The lowest BCUT2D eigenvalue weighted by Crippen LogP contribution is -2.12. The van der Waals surface area contributed by atoms with Gasteiger partial charge in [0.25, 0.3) is 0 Å². The van der Waals surface area contributed by atoms with E-state index in [2.05, 4.69) is 15.3 Å². The van der Waals surface area contributed by atoms with Crippen molar-refractivity contribution < 1.29 is 0 Å². The van der Waals surface area contributed by atoms with Crippen molar-refractivity contribution in [2.24, 2.45) is 5.73 Å². The van der Waals surface area contributed by atoms with Crippen molar-refractivity contribution in [3.05, 3.63) is 40.0 Å². The van der Waals surface area contributed by atoms with Crippen LogP contribution in [0, 0.1) is 6.92 Å². The number of anilines is 1. The first kappa shape index (κ1) is 12.9. The van der Waals surface area contributed by atoms with E-state index in [0.29, 0.717) is 4.99 Å². The molecule has 6 heteroatoms. The summed E-state index contributed by atoms with van der Waals surface area (Å²) in [6.07, 6.45) is 0.877. The summed E-state index contributed by atoms with van der Waals surface area (Å²) in [4.78, 5) is 9.01. The van der Waals surface area contributed by atoms with Crippen LogP contribution in [-0.4, -0.2) is 21.5 Å². The van der Waals surface area contributed by atoms with E-state index in [1.54, 1.807) is 11.3 Å². The molecule has 0 radical (unpaired) electrons. The van der Waals surface area contributed by atoms with Crippen molar-refractivity contribution >= 4 is 34.4 Å². The number of hydrogen-bond donors (Lipinski definition) is 2. The molecule has 0 aliphatic rings. The quantitative estimate of drug-likeness (QED) is 0.820. The summed E-state index contributed by atoms with van der Waals surface area (Å²) in [5, 5.41) is 5.30. The number of aromatic nitrogens is 2. The van der Waals surface area contributed by atoms with E-state index in [4.69, 9.17) is 18.0 Å². The van der Waals surface area contributed by atoms with Crippen molar-refractivity contribution in [1.29, 1.82) is 0 Å². The zero-order chi connectivity index (χ0) is 13.0. The third kappa shape index (κ3) is 3.48. The molecule has 2 heterocycles. The molecule has 0 unspecified atom stereocenters. The molecule has 2 aromatic heterocycles. The lowest BCUT2D eigenvalue weighted by Gasteiger charge is -2.07. The van der Waals surface area contributed by atoms with E-state index in [1.807, 2.05) is 29.9 Å². The minimum Gasteiger partial charge on any atom is -0.389 e. The number of thiazole rings is 1. The Morgan fingerprint density at radius 1 is 1.50 bits per heavy atom. The summed E-state index contributed by atoms with van der Waals surface area (Å²) in [5.74, 6) is 0.799. The molecule has 18 heavy (non-hydrogen) atoms. The monoisotopic (exact) mass is 278 g/mol. The third-order valence-electron chi connectivity index (χ3n) is 2.41. The second kappa shape index (κ2) is 5.88. The van der Waals surface area contributed by atoms with Crippen LogP contribution in [0.2, 0.25) is 0 Å². The fraction of sp³-hybridized carbons (Fsp3) is 0.250. The Morgan fingerprint density at radius 2 is 2.33 bits per heavy atom. The summed E-state index contributed by atoms with van der Waals surface area (Å²) < 4.78 is 0. The predicted octanol–water partition coefficient (Wildman–Crippen LogP) is 2.14. The van der Waals surface area contributed by atoms with Gasteiger partial charge >= 0.3 is 0 Å². The highest BCUT2D eigenvalue weighted by atomic mass is 32.1. The molecule has 0 aromatic carbocycles. The Balaban J connectivity index is 1.98. The molecule has 2 aromatic rings. The van der Waals surface area contributed by atoms with Gasteiger partial charge in [-0.15, -0.1) is 11.3 Å². The summed E-state index contributed by atoms with van der Waals surface area (Å²) in [5.41, 5.74) is 10.3. The second-order valence-corrected chi connectivity index (χ2v) is 5.06. The zero-order valence-electron chi connectivity index (χ0n) is 10.0. The lowest BCUT2D eigenvalue weighted by atomic mass is 10.2. The van der Waals surface area contributed by atoms with Gasteiger partial charge in [0.05, 0.1) is 11.2 Å². The Labute approximate surface area is 115 Å². The molecule has 0 spiro atoms. The molecular formula is C12H14N4S2. The van der Waals surface area contributed by atoms with Gasteiger partial charge in [-0.2, -0.15) is 0 Å². The van der Waals surface area contributed by atoms with Crippen LogP contribution < -0.4 is 11.1 Å². The fourth-order valence-electron chi connectivity index (χ4n) is 1.58. The molecule has 94 valence electrons. The second-order valence-electron chi connectivity index (χ2n) is 3.90. The Kier molecular flexibility index (Phi) is 4.22. The van der Waals surface area contributed by atoms with Crippen molar-refractivity contribution in [1.82, 2.24) is 9.97 Å². The van der Waals surface area contributed by atoms with Gasteiger partial charge in [-0.05, 0) is 19.1 Å².